The standard InChI is InChI=1S/C32H28N8O5S/c1-36-17-21(15-34-36)28-25(19-9-10-23-20(13-19)14-35-38(23)3)26-27-24(37(2)30(41)32(27)11-12-39(18-32)31(42)43)16-33-29(26)40(28)46(44,45)22-7-5-4-6-8-22/h4-10,13-17H,11-12,18H2,1-3H3,(H,42,43). The Morgan fingerprint density at radius 2 is 1.76 bits per heavy atom. The van der Waals surface area contributed by atoms with Crippen molar-refractivity contribution in [3.8, 4) is 22.4 Å². The minimum Gasteiger partial charge on any atom is -0.465 e. The maximum absolute atomic E-state index is 14.7. The highest BCUT2D eigenvalue weighted by Crippen LogP contribution is 2.54. The number of aromatic nitrogens is 6. The van der Waals surface area contributed by atoms with Gasteiger partial charge in [-0.3, -0.25) is 14.2 Å². The van der Waals surface area contributed by atoms with Crippen molar-refractivity contribution in [2.24, 2.45) is 14.1 Å². The van der Waals surface area contributed by atoms with Gasteiger partial charge in [-0.1, -0.05) is 24.3 Å². The van der Waals surface area contributed by atoms with E-state index in [4.69, 9.17) is 4.98 Å². The molecule has 6 aromatic rings. The maximum atomic E-state index is 14.7. The number of amides is 2. The van der Waals surface area contributed by atoms with E-state index in [1.807, 2.05) is 25.2 Å². The second-order valence-corrected chi connectivity index (χ2v) is 13.7. The second-order valence-electron chi connectivity index (χ2n) is 11.9. The second kappa shape index (κ2) is 9.50. The molecule has 4 aromatic heterocycles. The fourth-order valence-corrected chi connectivity index (χ4v) is 8.69. The van der Waals surface area contributed by atoms with Gasteiger partial charge in [0.2, 0.25) is 5.91 Å². The molecule has 1 unspecified atom stereocenters. The molecule has 0 radical (unpaired) electrons. The van der Waals surface area contributed by atoms with Crippen LogP contribution in [0.5, 0.6) is 0 Å². The number of nitrogens with zero attached hydrogens (tertiary/aromatic N) is 8. The number of fused-ring (bicyclic) bond motifs is 5. The Balaban J connectivity index is 1.58. The molecule has 2 aromatic carbocycles. The summed E-state index contributed by atoms with van der Waals surface area (Å²) >= 11 is 0. The van der Waals surface area contributed by atoms with Gasteiger partial charge >= 0.3 is 6.09 Å². The summed E-state index contributed by atoms with van der Waals surface area (Å²) < 4.78 is 34.0. The summed E-state index contributed by atoms with van der Waals surface area (Å²) in [5.74, 6) is -0.254. The van der Waals surface area contributed by atoms with Crippen LogP contribution < -0.4 is 4.90 Å². The monoisotopic (exact) mass is 636 g/mol. The molecule has 2 aliphatic rings. The van der Waals surface area contributed by atoms with E-state index in [0.717, 1.165) is 10.9 Å². The van der Waals surface area contributed by atoms with Gasteiger partial charge in [-0.05, 0) is 36.2 Å². The van der Waals surface area contributed by atoms with E-state index in [-0.39, 0.29) is 36.0 Å². The van der Waals surface area contributed by atoms with Crippen LogP contribution in [0.3, 0.4) is 0 Å². The van der Waals surface area contributed by atoms with Crippen molar-refractivity contribution in [1.29, 1.82) is 0 Å². The number of carboxylic acid groups (broad SMARTS) is 1. The zero-order valence-electron chi connectivity index (χ0n) is 25.1. The molecule has 0 aliphatic carbocycles. The van der Waals surface area contributed by atoms with Crippen LogP contribution in [0.4, 0.5) is 10.5 Å². The van der Waals surface area contributed by atoms with E-state index in [1.165, 1.54) is 32.1 Å². The van der Waals surface area contributed by atoms with Crippen LogP contribution in [-0.2, 0) is 34.3 Å². The zero-order chi connectivity index (χ0) is 32.1. The van der Waals surface area contributed by atoms with Crippen LogP contribution in [0.25, 0.3) is 44.3 Å². The number of pyridine rings is 1. The molecule has 6 heterocycles. The van der Waals surface area contributed by atoms with Gasteiger partial charge in [0.25, 0.3) is 10.0 Å². The summed E-state index contributed by atoms with van der Waals surface area (Å²) in [4.78, 5) is 33.9. The largest absolute Gasteiger partial charge is 0.465 e. The van der Waals surface area contributed by atoms with E-state index in [0.29, 0.717) is 39.0 Å². The Bertz CT molecular complexity index is 2380. The first-order valence-corrected chi connectivity index (χ1v) is 16.0. The lowest BCUT2D eigenvalue weighted by atomic mass is 9.78. The lowest BCUT2D eigenvalue weighted by Crippen LogP contribution is -2.41. The Morgan fingerprint density at radius 3 is 2.46 bits per heavy atom. The van der Waals surface area contributed by atoms with Gasteiger partial charge in [0.1, 0.15) is 0 Å². The molecule has 1 fully saturated rings. The average molecular weight is 637 g/mol. The van der Waals surface area contributed by atoms with Crippen LogP contribution in [0, 0.1) is 0 Å². The minimum absolute atomic E-state index is 0.0580. The van der Waals surface area contributed by atoms with Gasteiger partial charge in [-0.15, -0.1) is 0 Å². The molecule has 0 bridgehead atoms. The van der Waals surface area contributed by atoms with Crippen LogP contribution >= 0.6 is 0 Å². The minimum atomic E-state index is -4.27. The molecule has 2 amide bonds. The number of likely N-dealkylation sites (tertiary alicyclic amines) is 1. The molecular weight excluding hydrogens is 608 g/mol. The fraction of sp³-hybridized carbons (Fsp3) is 0.219. The molecule has 0 saturated carbocycles. The lowest BCUT2D eigenvalue weighted by molar-refractivity contribution is -0.122. The van der Waals surface area contributed by atoms with E-state index in [1.54, 1.807) is 60.2 Å². The normalized spacial score (nSPS) is 18.0. The molecule has 13 nitrogen and oxygen atoms in total. The zero-order valence-corrected chi connectivity index (χ0v) is 25.9. The van der Waals surface area contributed by atoms with Gasteiger partial charge in [0, 0.05) is 67.9 Å². The molecule has 46 heavy (non-hydrogen) atoms. The summed E-state index contributed by atoms with van der Waals surface area (Å²) in [5.41, 5.74) is 2.98. The van der Waals surface area contributed by atoms with Crippen LogP contribution in [0.15, 0.2) is 78.2 Å². The van der Waals surface area contributed by atoms with Crippen molar-refractivity contribution in [3.05, 3.63) is 78.9 Å². The molecule has 8 rings (SSSR count). The van der Waals surface area contributed by atoms with Gasteiger partial charge < -0.3 is 14.9 Å². The number of hydrogen-bond acceptors (Lipinski definition) is 7. The summed E-state index contributed by atoms with van der Waals surface area (Å²) in [6, 6.07) is 13.9. The first-order valence-electron chi connectivity index (χ1n) is 14.6. The highest BCUT2D eigenvalue weighted by atomic mass is 32.2. The average Bonchev–Trinajstić information content (AvgIpc) is 3.86. The summed E-state index contributed by atoms with van der Waals surface area (Å²) in [6.45, 7) is 0.102. The molecule has 14 heteroatoms. The predicted octanol–water partition coefficient (Wildman–Crippen LogP) is 3.83. The Hall–Kier alpha value is -5.50. The van der Waals surface area contributed by atoms with Gasteiger partial charge in [0.15, 0.2) is 5.65 Å². The molecule has 232 valence electrons. The number of rotatable bonds is 4. The number of anilines is 1. The van der Waals surface area contributed by atoms with Crippen molar-refractivity contribution in [2.75, 3.05) is 25.0 Å². The lowest BCUT2D eigenvalue weighted by Gasteiger charge is -2.23. The fourth-order valence-electron chi connectivity index (χ4n) is 7.17. The number of likely N-dealkylation sites (N-methyl/N-ethyl adjacent to an activating group) is 1. The van der Waals surface area contributed by atoms with Gasteiger partial charge in [-0.25, -0.2) is 22.2 Å². The summed E-state index contributed by atoms with van der Waals surface area (Å²) in [6.07, 6.45) is 5.73. The number of carbonyl (C=O) groups is 2. The third-order valence-corrected chi connectivity index (χ3v) is 11.0. The third kappa shape index (κ3) is 3.67. The molecule has 1 spiro atoms. The summed E-state index contributed by atoms with van der Waals surface area (Å²) in [7, 11) is 0.976. The highest BCUT2D eigenvalue weighted by Gasteiger charge is 2.56. The number of benzene rings is 2. The maximum Gasteiger partial charge on any atom is 0.407 e. The van der Waals surface area contributed by atoms with Crippen molar-refractivity contribution in [1.82, 2.24) is 33.4 Å². The topological polar surface area (TPSA) is 148 Å². The smallest absolute Gasteiger partial charge is 0.407 e. The van der Waals surface area contributed by atoms with Crippen molar-refractivity contribution in [3.63, 3.8) is 0 Å². The molecule has 1 N–H and O–H groups in total. The van der Waals surface area contributed by atoms with E-state index in [2.05, 4.69) is 10.2 Å². The van der Waals surface area contributed by atoms with E-state index < -0.39 is 21.5 Å². The molecule has 2 aliphatic heterocycles. The number of hydrogen-bond donors (Lipinski definition) is 1. The SMILES string of the molecule is CN1C(=O)C2(CCN(C(=O)O)C2)c2c1cnc1c2c(-c2ccc3c(cnn3C)c2)c(-c2cnn(C)c2)n1S(=O)(=O)c1ccccc1. The van der Waals surface area contributed by atoms with Crippen molar-refractivity contribution in [2.45, 2.75) is 16.7 Å². The van der Waals surface area contributed by atoms with Crippen molar-refractivity contribution >= 4 is 49.6 Å². The Kier molecular flexibility index (Phi) is 5.78. The van der Waals surface area contributed by atoms with E-state index in [9.17, 15) is 23.1 Å². The number of aryl methyl sites for hydroxylation is 2. The predicted molar refractivity (Wildman–Crippen MR) is 170 cm³/mol. The molecule has 1 atom stereocenters. The van der Waals surface area contributed by atoms with E-state index >= 15 is 0 Å². The Morgan fingerprint density at radius 1 is 0.978 bits per heavy atom. The molecular formula is C32H28N8O5S. The highest BCUT2D eigenvalue weighted by molar-refractivity contribution is 7.90. The first-order chi connectivity index (χ1) is 22.0. The number of carbonyl (C=O) groups excluding carboxylic acids is 1. The van der Waals surface area contributed by atoms with Crippen LogP contribution in [0.1, 0.15) is 12.0 Å². The summed E-state index contributed by atoms with van der Waals surface area (Å²) in [5, 5.41) is 20.0. The molecule has 1 saturated heterocycles. The quantitative estimate of drug-likeness (QED) is 0.307. The third-order valence-electron chi connectivity index (χ3n) is 9.31. The first kappa shape index (κ1) is 28.0. The van der Waals surface area contributed by atoms with Crippen LogP contribution in [0.2, 0.25) is 0 Å². The van der Waals surface area contributed by atoms with Gasteiger partial charge in [-0.2, -0.15) is 10.2 Å². The van der Waals surface area contributed by atoms with Crippen molar-refractivity contribution < 1.29 is 23.1 Å². The van der Waals surface area contributed by atoms with Crippen LogP contribution in [-0.4, -0.2) is 79.1 Å². The Labute approximate surface area is 262 Å². The van der Waals surface area contributed by atoms with Gasteiger partial charge in [0.05, 0.1) is 45.8 Å².